The van der Waals surface area contributed by atoms with E-state index >= 15 is 0 Å². The standard InChI is InChI=1S/C17H11F2IN2O3S/c1-25-14(23)8-22-15-11(19)6-9(18)7-13(15)26-17(22)21-16(24)10-4-2-3-5-12(10)20/h2-7H,8H2,1H3. The Bertz CT molecular complexity index is 1090. The third-order valence-corrected chi connectivity index (χ3v) is 5.48. The lowest BCUT2D eigenvalue weighted by Gasteiger charge is -2.04. The van der Waals surface area contributed by atoms with Gasteiger partial charge in [-0.2, -0.15) is 4.99 Å². The summed E-state index contributed by atoms with van der Waals surface area (Å²) >= 11 is 2.93. The van der Waals surface area contributed by atoms with Gasteiger partial charge in [0.25, 0.3) is 5.91 Å². The summed E-state index contributed by atoms with van der Waals surface area (Å²) in [5, 5.41) is 0. The van der Waals surface area contributed by atoms with E-state index in [1.807, 2.05) is 22.6 Å². The Kier molecular flexibility index (Phi) is 5.47. The average molecular weight is 488 g/mol. The Balaban J connectivity index is 2.22. The molecule has 1 aromatic heterocycles. The van der Waals surface area contributed by atoms with Crippen molar-refractivity contribution in [3.8, 4) is 0 Å². The number of amides is 1. The molecule has 0 aliphatic heterocycles. The summed E-state index contributed by atoms with van der Waals surface area (Å²) in [7, 11) is 1.20. The molecule has 134 valence electrons. The monoisotopic (exact) mass is 488 g/mol. The number of nitrogens with zero attached hydrogens (tertiary/aromatic N) is 2. The van der Waals surface area contributed by atoms with Gasteiger partial charge in [-0.05, 0) is 40.8 Å². The summed E-state index contributed by atoms with van der Waals surface area (Å²) < 4.78 is 34.6. The van der Waals surface area contributed by atoms with Gasteiger partial charge in [-0.15, -0.1) is 0 Å². The number of ether oxygens (including phenoxy) is 1. The fourth-order valence-electron chi connectivity index (χ4n) is 2.34. The fraction of sp³-hybridized carbons (Fsp3) is 0.118. The van der Waals surface area contributed by atoms with Crippen LogP contribution in [0.3, 0.4) is 0 Å². The molecule has 0 saturated heterocycles. The molecule has 0 bridgehead atoms. The SMILES string of the molecule is COC(=O)Cn1c(=NC(=O)c2ccccc2I)sc2cc(F)cc(F)c21. The number of carbonyl (C=O) groups excluding carboxylic acids is 2. The molecule has 3 rings (SSSR count). The smallest absolute Gasteiger partial charge is 0.325 e. The number of esters is 1. The first-order valence-corrected chi connectivity index (χ1v) is 9.19. The first kappa shape index (κ1) is 18.6. The number of thiazole rings is 1. The van der Waals surface area contributed by atoms with Gasteiger partial charge in [0.2, 0.25) is 0 Å². The van der Waals surface area contributed by atoms with Crippen LogP contribution in [-0.4, -0.2) is 23.6 Å². The van der Waals surface area contributed by atoms with E-state index in [2.05, 4.69) is 9.73 Å². The van der Waals surface area contributed by atoms with Crippen molar-refractivity contribution < 1.29 is 23.1 Å². The molecule has 26 heavy (non-hydrogen) atoms. The molecule has 0 aliphatic carbocycles. The summed E-state index contributed by atoms with van der Waals surface area (Å²) in [5.41, 5.74) is 0.373. The van der Waals surface area contributed by atoms with Gasteiger partial charge < -0.3 is 9.30 Å². The van der Waals surface area contributed by atoms with Crippen LogP contribution in [0.25, 0.3) is 10.2 Å². The molecule has 9 heteroatoms. The average Bonchev–Trinajstić information content (AvgIpc) is 2.92. The van der Waals surface area contributed by atoms with E-state index in [1.54, 1.807) is 24.3 Å². The number of aromatic nitrogens is 1. The molecule has 0 N–H and O–H groups in total. The van der Waals surface area contributed by atoms with E-state index < -0.39 is 23.5 Å². The summed E-state index contributed by atoms with van der Waals surface area (Å²) in [6.07, 6.45) is 0. The number of fused-ring (bicyclic) bond motifs is 1. The van der Waals surface area contributed by atoms with Crippen molar-refractivity contribution in [3.63, 3.8) is 0 Å². The second-order valence-electron chi connectivity index (χ2n) is 5.18. The Morgan fingerprint density at radius 1 is 1.27 bits per heavy atom. The van der Waals surface area contributed by atoms with Crippen LogP contribution in [0.2, 0.25) is 0 Å². The van der Waals surface area contributed by atoms with Gasteiger partial charge in [0, 0.05) is 9.64 Å². The van der Waals surface area contributed by atoms with Gasteiger partial charge in [-0.25, -0.2) is 8.78 Å². The van der Waals surface area contributed by atoms with E-state index in [0.717, 1.165) is 17.4 Å². The molecular formula is C17H11F2IN2O3S. The van der Waals surface area contributed by atoms with Gasteiger partial charge in [0.05, 0.1) is 22.9 Å². The van der Waals surface area contributed by atoms with Crippen molar-refractivity contribution in [2.75, 3.05) is 7.11 Å². The van der Waals surface area contributed by atoms with E-state index in [1.165, 1.54) is 11.7 Å². The Labute approximate surface area is 164 Å². The quantitative estimate of drug-likeness (QED) is 0.419. The van der Waals surface area contributed by atoms with Crippen molar-refractivity contribution >= 4 is 56.0 Å². The highest BCUT2D eigenvalue weighted by molar-refractivity contribution is 14.1. The molecule has 0 unspecified atom stereocenters. The van der Waals surface area contributed by atoms with Crippen LogP contribution in [0.4, 0.5) is 8.78 Å². The van der Waals surface area contributed by atoms with E-state index in [-0.39, 0.29) is 21.6 Å². The van der Waals surface area contributed by atoms with Crippen LogP contribution >= 0.6 is 33.9 Å². The molecule has 0 fully saturated rings. The Morgan fingerprint density at radius 2 is 2.00 bits per heavy atom. The largest absolute Gasteiger partial charge is 0.468 e. The molecular weight excluding hydrogens is 477 g/mol. The second kappa shape index (κ2) is 7.62. The summed E-state index contributed by atoms with van der Waals surface area (Å²) in [6, 6.07) is 8.71. The lowest BCUT2D eigenvalue weighted by Crippen LogP contribution is -2.23. The number of benzene rings is 2. The topological polar surface area (TPSA) is 60.7 Å². The molecule has 1 amide bonds. The van der Waals surface area contributed by atoms with Crippen molar-refractivity contribution in [1.82, 2.24) is 4.57 Å². The van der Waals surface area contributed by atoms with E-state index in [4.69, 9.17) is 0 Å². The third-order valence-electron chi connectivity index (χ3n) is 3.51. The van der Waals surface area contributed by atoms with Crippen LogP contribution in [-0.2, 0) is 16.1 Å². The second-order valence-corrected chi connectivity index (χ2v) is 7.35. The summed E-state index contributed by atoms with van der Waals surface area (Å²) in [5.74, 6) is -2.78. The number of methoxy groups -OCH3 is 1. The molecule has 0 radical (unpaired) electrons. The molecule has 0 saturated carbocycles. The predicted molar refractivity (Wildman–Crippen MR) is 101 cm³/mol. The van der Waals surface area contributed by atoms with E-state index in [9.17, 15) is 18.4 Å². The Hall–Kier alpha value is -2.14. The van der Waals surface area contributed by atoms with Crippen molar-refractivity contribution in [3.05, 3.63) is 62.0 Å². The first-order chi connectivity index (χ1) is 12.4. The normalized spacial score (nSPS) is 11.8. The zero-order valence-electron chi connectivity index (χ0n) is 13.3. The molecule has 0 aliphatic rings. The first-order valence-electron chi connectivity index (χ1n) is 7.29. The minimum atomic E-state index is -0.844. The van der Waals surface area contributed by atoms with Crippen LogP contribution < -0.4 is 4.80 Å². The summed E-state index contributed by atoms with van der Waals surface area (Å²) in [6.45, 7) is -0.350. The van der Waals surface area contributed by atoms with E-state index in [0.29, 0.717) is 15.2 Å². The molecule has 3 aromatic rings. The highest BCUT2D eigenvalue weighted by Crippen LogP contribution is 2.22. The number of rotatable bonds is 3. The van der Waals surface area contributed by atoms with Gasteiger partial charge in [0.1, 0.15) is 12.4 Å². The molecule has 0 spiro atoms. The van der Waals surface area contributed by atoms with Gasteiger partial charge >= 0.3 is 5.97 Å². The van der Waals surface area contributed by atoms with Crippen LogP contribution in [0, 0.1) is 15.2 Å². The van der Waals surface area contributed by atoms with Gasteiger partial charge in [-0.3, -0.25) is 9.59 Å². The van der Waals surface area contributed by atoms with Crippen molar-refractivity contribution in [2.45, 2.75) is 6.54 Å². The van der Waals surface area contributed by atoms with Crippen LogP contribution in [0.5, 0.6) is 0 Å². The number of halogens is 3. The maximum absolute atomic E-state index is 14.3. The highest BCUT2D eigenvalue weighted by Gasteiger charge is 2.17. The number of hydrogen-bond acceptors (Lipinski definition) is 4. The lowest BCUT2D eigenvalue weighted by molar-refractivity contribution is -0.141. The number of hydrogen-bond donors (Lipinski definition) is 0. The predicted octanol–water partition coefficient (Wildman–Crippen LogP) is 3.50. The van der Waals surface area contributed by atoms with Crippen molar-refractivity contribution in [2.24, 2.45) is 4.99 Å². The lowest BCUT2D eigenvalue weighted by atomic mass is 10.2. The molecule has 5 nitrogen and oxygen atoms in total. The zero-order chi connectivity index (χ0) is 18.8. The Morgan fingerprint density at radius 3 is 2.69 bits per heavy atom. The van der Waals surface area contributed by atoms with Gasteiger partial charge in [-0.1, -0.05) is 23.5 Å². The summed E-state index contributed by atoms with van der Waals surface area (Å²) in [4.78, 5) is 28.3. The minimum absolute atomic E-state index is 0.00360. The maximum Gasteiger partial charge on any atom is 0.325 e. The molecule has 1 heterocycles. The highest BCUT2D eigenvalue weighted by atomic mass is 127. The van der Waals surface area contributed by atoms with Crippen LogP contribution in [0.15, 0.2) is 41.4 Å². The zero-order valence-corrected chi connectivity index (χ0v) is 16.3. The fourth-order valence-corrected chi connectivity index (χ4v) is 4.02. The third kappa shape index (κ3) is 3.68. The van der Waals surface area contributed by atoms with Gasteiger partial charge in [0.15, 0.2) is 10.6 Å². The molecule has 0 atom stereocenters. The maximum atomic E-state index is 14.3. The number of carbonyl (C=O) groups is 2. The minimum Gasteiger partial charge on any atom is -0.468 e. The van der Waals surface area contributed by atoms with Crippen LogP contribution in [0.1, 0.15) is 10.4 Å². The molecule has 2 aromatic carbocycles. The van der Waals surface area contributed by atoms with Crippen molar-refractivity contribution in [1.29, 1.82) is 0 Å².